The van der Waals surface area contributed by atoms with Crippen LogP contribution >= 0.6 is 0 Å². The molecular weight excluding hydrogens is 216 g/mol. The Bertz CT molecular complexity index is 651. The van der Waals surface area contributed by atoms with E-state index in [0.29, 0.717) is 0 Å². The van der Waals surface area contributed by atoms with Crippen molar-refractivity contribution < 1.29 is 29.0 Å². The van der Waals surface area contributed by atoms with Crippen molar-refractivity contribution in [2.75, 3.05) is 0 Å². The third-order valence-corrected chi connectivity index (χ3v) is 2.38. The fourth-order valence-electron chi connectivity index (χ4n) is 1.62. The lowest BCUT2D eigenvalue weighted by molar-refractivity contribution is -0.128. The van der Waals surface area contributed by atoms with Crippen molar-refractivity contribution in [1.82, 2.24) is 0 Å². The van der Waals surface area contributed by atoms with Crippen molar-refractivity contribution in [2.45, 2.75) is 0 Å². The summed E-state index contributed by atoms with van der Waals surface area (Å²) in [5.41, 5.74) is 0.173. The van der Waals surface area contributed by atoms with E-state index >= 15 is 0 Å². The highest BCUT2D eigenvalue weighted by Crippen LogP contribution is 2.41. The van der Waals surface area contributed by atoms with Crippen LogP contribution in [0.2, 0.25) is 0 Å². The molecule has 6 heteroatoms. The van der Waals surface area contributed by atoms with E-state index in [1.165, 1.54) is 12.1 Å². The number of carbonyl (C=O) groups excluding carboxylic acids is 2. The van der Waals surface area contributed by atoms with E-state index in [2.05, 4.69) is 4.74 Å². The number of ketones is 1. The Balaban J connectivity index is 2.37. The van der Waals surface area contributed by atoms with Crippen LogP contribution in [0.1, 0.15) is 10.4 Å². The fourth-order valence-corrected chi connectivity index (χ4v) is 1.62. The van der Waals surface area contributed by atoms with Gasteiger partial charge in [-0.05, 0) is 12.1 Å². The summed E-state index contributed by atoms with van der Waals surface area (Å²) < 4.78 is 9.46. The van der Waals surface area contributed by atoms with E-state index in [4.69, 9.17) is 9.52 Å². The zero-order chi connectivity index (χ0) is 11.4. The summed E-state index contributed by atoms with van der Waals surface area (Å²) >= 11 is 0. The zero-order valence-electron chi connectivity index (χ0n) is 7.68. The first kappa shape index (κ1) is 8.78. The molecule has 1 aromatic heterocycles. The molecule has 2 N–H and O–H groups in total. The Morgan fingerprint density at radius 2 is 1.88 bits per heavy atom. The molecule has 0 saturated carbocycles. The van der Waals surface area contributed by atoms with Crippen LogP contribution in [0.25, 0.3) is 11.0 Å². The molecule has 2 heterocycles. The number of carbonyl (C=O) groups is 2. The van der Waals surface area contributed by atoms with Crippen molar-refractivity contribution in [1.29, 1.82) is 0 Å². The van der Waals surface area contributed by atoms with Crippen molar-refractivity contribution >= 4 is 22.7 Å². The van der Waals surface area contributed by atoms with Crippen LogP contribution in [0.5, 0.6) is 17.4 Å². The molecule has 1 aliphatic heterocycles. The molecule has 80 valence electrons. The SMILES string of the molecule is O=C1Oc2cc3c(O)c(O)oc3cc2C1=O. The third kappa shape index (κ3) is 0.902. The topological polar surface area (TPSA) is 97.0 Å². The summed E-state index contributed by atoms with van der Waals surface area (Å²) in [5, 5.41) is 18.7. The maximum absolute atomic E-state index is 11.3. The van der Waals surface area contributed by atoms with E-state index in [-0.39, 0.29) is 22.3 Å². The van der Waals surface area contributed by atoms with Gasteiger partial charge in [-0.1, -0.05) is 0 Å². The van der Waals surface area contributed by atoms with Gasteiger partial charge >= 0.3 is 11.9 Å². The summed E-state index contributed by atoms with van der Waals surface area (Å²) in [6.07, 6.45) is 0. The van der Waals surface area contributed by atoms with Gasteiger partial charge < -0.3 is 19.4 Å². The maximum Gasteiger partial charge on any atom is 0.385 e. The molecule has 0 amide bonds. The molecule has 0 aliphatic carbocycles. The third-order valence-electron chi connectivity index (χ3n) is 2.38. The Morgan fingerprint density at radius 1 is 1.12 bits per heavy atom. The van der Waals surface area contributed by atoms with E-state index in [9.17, 15) is 14.7 Å². The smallest absolute Gasteiger partial charge is 0.385 e. The molecule has 16 heavy (non-hydrogen) atoms. The Hall–Kier alpha value is -2.50. The first-order chi connectivity index (χ1) is 7.58. The average Bonchev–Trinajstić information content (AvgIpc) is 2.67. The number of rotatable bonds is 0. The molecule has 0 unspecified atom stereocenters. The van der Waals surface area contributed by atoms with Crippen LogP contribution in [-0.2, 0) is 4.79 Å². The van der Waals surface area contributed by atoms with Crippen molar-refractivity contribution in [3.05, 3.63) is 17.7 Å². The molecule has 0 bridgehead atoms. The summed E-state index contributed by atoms with van der Waals surface area (Å²) in [4.78, 5) is 22.3. The van der Waals surface area contributed by atoms with E-state index in [1.807, 2.05) is 0 Å². The van der Waals surface area contributed by atoms with Crippen molar-refractivity contribution in [3.63, 3.8) is 0 Å². The summed E-state index contributed by atoms with van der Waals surface area (Å²) in [5.74, 6) is -2.78. The first-order valence-electron chi connectivity index (χ1n) is 4.33. The largest absolute Gasteiger partial charge is 0.501 e. The predicted molar refractivity (Wildman–Crippen MR) is 49.5 cm³/mol. The number of furan rings is 1. The Morgan fingerprint density at radius 3 is 2.62 bits per heavy atom. The molecule has 0 radical (unpaired) electrons. The molecule has 0 saturated heterocycles. The van der Waals surface area contributed by atoms with Crippen LogP contribution in [0.3, 0.4) is 0 Å². The molecule has 1 aromatic carbocycles. The lowest BCUT2D eigenvalue weighted by Crippen LogP contribution is -2.10. The molecule has 0 fully saturated rings. The molecule has 0 atom stereocenters. The number of esters is 1. The number of aromatic hydroxyl groups is 2. The van der Waals surface area contributed by atoms with Gasteiger partial charge in [-0.3, -0.25) is 4.79 Å². The highest BCUT2D eigenvalue weighted by molar-refractivity contribution is 6.44. The normalized spacial score (nSPS) is 14.2. The highest BCUT2D eigenvalue weighted by atomic mass is 16.5. The molecular formula is C10H4O6. The monoisotopic (exact) mass is 220 g/mol. The quantitative estimate of drug-likeness (QED) is 0.389. The van der Waals surface area contributed by atoms with Gasteiger partial charge in [0.1, 0.15) is 11.3 Å². The lowest BCUT2D eigenvalue weighted by Gasteiger charge is -1.94. The van der Waals surface area contributed by atoms with Gasteiger partial charge in [0, 0.05) is 0 Å². The van der Waals surface area contributed by atoms with E-state index in [1.54, 1.807) is 0 Å². The second kappa shape index (κ2) is 2.54. The van der Waals surface area contributed by atoms with Gasteiger partial charge in [0.25, 0.3) is 5.78 Å². The van der Waals surface area contributed by atoms with Gasteiger partial charge in [0.2, 0.25) is 5.75 Å². The maximum atomic E-state index is 11.3. The van der Waals surface area contributed by atoms with Crippen LogP contribution in [0.4, 0.5) is 0 Å². The molecule has 0 spiro atoms. The van der Waals surface area contributed by atoms with E-state index in [0.717, 1.165) is 0 Å². The predicted octanol–water partition coefficient (Wildman–Crippen LogP) is 0.946. The first-order valence-corrected chi connectivity index (χ1v) is 4.33. The summed E-state index contributed by atoms with van der Waals surface area (Å²) in [6.45, 7) is 0. The van der Waals surface area contributed by atoms with Crippen LogP contribution in [-0.4, -0.2) is 22.0 Å². The van der Waals surface area contributed by atoms with Crippen molar-refractivity contribution in [2.24, 2.45) is 0 Å². The second-order valence-electron chi connectivity index (χ2n) is 3.32. The second-order valence-corrected chi connectivity index (χ2v) is 3.32. The van der Waals surface area contributed by atoms with Crippen LogP contribution < -0.4 is 4.74 Å². The number of hydrogen-bond donors (Lipinski definition) is 2. The van der Waals surface area contributed by atoms with Gasteiger partial charge in [-0.2, -0.15) is 0 Å². The zero-order valence-corrected chi connectivity index (χ0v) is 7.68. The van der Waals surface area contributed by atoms with Crippen molar-refractivity contribution in [3.8, 4) is 17.4 Å². The summed E-state index contributed by atoms with van der Waals surface area (Å²) in [7, 11) is 0. The van der Waals surface area contributed by atoms with Crippen LogP contribution in [0, 0.1) is 0 Å². The van der Waals surface area contributed by atoms with Crippen LogP contribution in [0.15, 0.2) is 16.5 Å². The fraction of sp³-hybridized carbons (Fsp3) is 0. The number of benzene rings is 1. The lowest BCUT2D eigenvalue weighted by atomic mass is 10.1. The van der Waals surface area contributed by atoms with E-state index < -0.39 is 23.4 Å². The Labute approximate surface area is 87.7 Å². The number of hydrogen-bond acceptors (Lipinski definition) is 6. The van der Waals surface area contributed by atoms with Gasteiger partial charge in [0.05, 0.1) is 10.9 Å². The average molecular weight is 220 g/mol. The number of ether oxygens (including phenoxy) is 1. The van der Waals surface area contributed by atoms with Gasteiger partial charge in [-0.25, -0.2) is 4.79 Å². The molecule has 1 aliphatic rings. The molecule has 6 nitrogen and oxygen atoms in total. The minimum Gasteiger partial charge on any atom is -0.501 e. The highest BCUT2D eigenvalue weighted by Gasteiger charge is 2.32. The van der Waals surface area contributed by atoms with Gasteiger partial charge in [-0.15, -0.1) is 0 Å². The standard InChI is InChI=1S/C10H4O6/c11-7-3-1-5-4(8(12)10(14)15-5)2-6(3)16-9(7)13/h1-2,11,13H. The summed E-state index contributed by atoms with van der Waals surface area (Å²) in [6, 6.07) is 2.52. The molecule has 3 rings (SSSR count). The minimum absolute atomic E-state index is 0.0543. The molecule has 2 aromatic rings. The van der Waals surface area contributed by atoms with Gasteiger partial charge in [0.15, 0.2) is 0 Å². The number of fused-ring (bicyclic) bond motifs is 2. The number of Topliss-reactive ketones (excluding diaryl/α,β-unsaturated/α-hetero) is 1. The Kier molecular flexibility index (Phi) is 1.40. The minimum atomic E-state index is -0.966.